The topological polar surface area (TPSA) is 98.8 Å². The van der Waals surface area contributed by atoms with Crippen LogP contribution in [-0.2, 0) is 14.9 Å². The first-order valence-corrected chi connectivity index (χ1v) is 10.4. The number of carbonyl (C=O) groups excluding carboxylic acids is 1. The fourth-order valence-electron chi connectivity index (χ4n) is 2.73. The molecule has 0 bridgehead atoms. The van der Waals surface area contributed by atoms with Gasteiger partial charge in [0.1, 0.15) is 10.6 Å². The van der Waals surface area contributed by atoms with E-state index in [4.69, 9.17) is 9.92 Å². The Kier molecular flexibility index (Phi) is 4.66. The number of thioether (sulfide) groups is 1. The first-order chi connectivity index (χ1) is 13.4. The number of aliphatic imine (C=N–C) groups is 1. The van der Waals surface area contributed by atoms with Crippen LogP contribution < -0.4 is 9.92 Å². The molecule has 4 rings (SSSR count). The van der Waals surface area contributed by atoms with Gasteiger partial charge < -0.3 is 9.92 Å². The lowest BCUT2D eigenvalue weighted by Crippen LogP contribution is -2.09. The first-order valence-electron chi connectivity index (χ1n) is 8.22. The lowest BCUT2D eigenvalue weighted by atomic mass is 10.1. The molecule has 0 radical (unpaired) electrons. The fourth-order valence-corrected chi connectivity index (χ4v) is 4.37. The van der Waals surface area contributed by atoms with Crippen molar-refractivity contribution in [2.45, 2.75) is 4.90 Å². The van der Waals surface area contributed by atoms with Crippen LogP contribution in [-0.4, -0.2) is 19.5 Å². The Balaban J connectivity index is 1.61. The number of fused-ring (bicyclic) bond motifs is 1. The summed E-state index contributed by atoms with van der Waals surface area (Å²) in [5.74, 6) is -0.274. The summed E-state index contributed by atoms with van der Waals surface area (Å²) in [5.41, 5.74) is 6.14. The summed E-state index contributed by atoms with van der Waals surface area (Å²) in [5, 5.41) is 1.93. The number of nitrogens with zero attached hydrogens (tertiary/aromatic N) is 1. The van der Waals surface area contributed by atoms with Crippen molar-refractivity contribution in [2.75, 3.05) is 0 Å². The molecule has 0 unspecified atom stereocenters. The predicted octanol–water partition coefficient (Wildman–Crippen LogP) is 3.54. The second kappa shape index (κ2) is 7.14. The van der Waals surface area contributed by atoms with E-state index >= 15 is 0 Å². The zero-order chi connectivity index (χ0) is 19.7. The molecule has 0 saturated carbocycles. The lowest BCUT2D eigenvalue weighted by molar-refractivity contribution is -0.113. The quantitative estimate of drug-likeness (QED) is 0.522. The van der Waals surface area contributed by atoms with Crippen LogP contribution in [0.25, 0.3) is 16.8 Å². The molecular weight excluding hydrogens is 396 g/mol. The summed E-state index contributed by atoms with van der Waals surface area (Å²) in [6, 6.07) is 18.7. The van der Waals surface area contributed by atoms with Crippen LogP contribution in [0.3, 0.4) is 0 Å². The van der Waals surface area contributed by atoms with Gasteiger partial charge in [0.05, 0.1) is 4.91 Å². The molecule has 0 aliphatic carbocycles. The number of amidine groups is 1. The van der Waals surface area contributed by atoms with Crippen molar-refractivity contribution < 1.29 is 17.4 Å². The molecule has 0 atom stereocenters. The monoisotopic (exact) mass is 410 g/mol. The van der Waals surface area contributed by atoms with E-state index in [0.717, 1.165) is 22.5 Å². The lowest BCUT2D eigenvalue weighted by Gasteiger charge is -2.09. The van der Waals surface area contributed by atoms with Crippen molar-refractivity contribution in [3.05, 3.63) is 77.2 Å². The number of hydrogen-bond acceptors (Lipinski definition) is 6. The van der Waals surface area contributed by atoms with E-state index in [1.165, 1.54) is 18.2 Å². The number of rotatable bonds is 4. The molecule has 8 heteroatoms. The molecule has 3 aromatic rings. The van der Waals surface area contributed by atoms with Crippen LogP contribution in [0.15, 0.2) is 81.5 Å². The van der Waals surface area contributed by atoms with Gasteiger partial charge in [-0.1, -0.05) is 42.5 Å². The van der Waals surface area contributed by atoms with E-state index < -0.39 is 16.0 Å². The van der Waals surface area contributed by atoms with Gasteiger partial charge in [-0.05, 0) is 58.4 Å². The molecular formula is C20H14N2O4S2. The zero-order valence-corrected chi connectivity index (χ0v) is 16.0. The average Bonchev–Trinajstić information content (AvgIpc) is 2.98. The Hall–Kier alpha value is -3.10. The summed E-state index contributed by atoms with van der Waals surface area (Å²) < 4.78 is 30.6. The Morgan fingerprint density at radius 3 is 2.50 bits per heavy atom. The molecule has 1 aliphatic heterocycles. The molecule has 2 N–H and O–H groups in total. The molecule has 1 heterocycles. The highest BCUT2D eigenvalue weighted by Gasteiger charge is 2.20. The highest BCUT2D eigenvalue weighted by atomic mass is 32.2. The van der Waals surface area contributed by atoms with E-state index in [0.29, 0.717) is 10.5 Å². The SMILES string of the molecule is NC1=NC(=O)C(=Cc2cccc(OS(=O)(=O)c3ccc4ccccc4c3)c2)S1. The maximum absolute atomic E-state index is 12.7. The molecule has 1 aliphatic rings. The van der Waals surface area contributed by atoms with Crippen molar-refractivity contribution in [1.82, 2.24) is 0 Å². The van der Waals surface area contributed by atoms with Crippen LogP contribution in [0.1, 0.15) is 5.56 Å². The summed E-state index contributed by atoms with van der Waals surface area (Å²) in [7, 11) is -4.00. The maximum atomic E-state index is 12.7. The molecule has 140 valence electrons. The van der Waals surface area contributed by atoms with E-state index in [9.17, 15) is 13.2 Å². The normalized spacial score (nSPS) is 15.8. The van der Waals surface area contributed by atoms with E-state index in [1.54, 1.807) is 30.3 Å². The molecule has 3 aromatic carbocycles. The minimum atomic E-state index is -4.00. The fraction of sp³-hybridized carbons (Fsp3) is 0. The van der Waals surface area contributed by atoms with Crippen LogP contribution in [0, 0.1) is 0 Å². The van der Waals surface area contributed by atoms with Crippen molar-refractivity contribution in [3.8, 4) is 5.75 Å². The number of carbonyl (C=O) groups is 1. The maximum Gasteiger partial charge on any atom is 0.339 e. The van der Waals surface area contributed by atoms with Crippen LogP contribution >= 0.6 is 11.8 Å². The Labute approximate surface area is 165 Å². The minimum Gasteiger partial charge on any atom is -0.379 e. The number of nitrogens with two attached hydrogens (primary N) is 1. The molecule has 0 fully saturated rings. The minimum absolute atomic E-state index is 0.0673. The van der Waals surface area contributed by atoms with Crippen LogP contribution in [0.4, 0.5) is 0 Å². The van der Waals surface area contributed by atoms with E-state index in [-0.39, 0.29) is 15.8 Å². The second-order valence-corrected chi connectivity index (χ2v) is 8.59. The summed E-state index contributed by atoms with van der Waals surface area (Å²) in [6.07, 6.45) is 1.59. The van der Waals surface area contributed by atoms with E-state index in [1.807, 2.05) is 24.3 Å². The Morgan fingerprint density at radius 1 is 0.964 bits per heavy atom. The highest BCUT2D eigenvalue weighted by molar-refractivity contribution is 8.18. The van der Waals surface area contributed by atoms with Crippen LogP contribution in [0.5, 0.6) is 5.75 Å². The third-order valence-electron chi connectivity index (χ3n) is 4.01. The second-order valence-electron chi connectivity index (χ2n) is 5.98. The Bertz CT molecular complexity index is 1260. The summed E-state index contributed by atoms with van der Waals surface area (Å²) >= 11 is 1.07. The highest BCUT2D eigenvalue weighted by Crippen LogP contribution is 2.28. The molecule has 1 amide bonds. The van der Waals surface area contributed by atoms with Crippen molar-refractivity contribution in [3.63, 3.8) is 0 Å². The standard InChI is InChI=1S/C20H14N2O4S2/c21-20-22-19(23)18(27-20)11-13-4-3-7-16(10-13)26-28(24,25)17-9-8-14-5-1-2-6-15(14)12-17/h1-12H,(H2,21,22,23). The third-order valence-corrected chi connectivity index (χ3v) is 6.06. The number of amides is 1. The number of benzene rings is 3. The summed E-state index contributed by atoms with van der Waals surface area (Å²) in [4.78, 5) is 15.8. The van der Waals surface area contributed by atoms with Gasteiger partial charge in [-0.25, -0.2) is 0 Å². The van der Waals surface area contributed by atoms with Gasteiger partial charge in [0.25, 0.3) is 5.91 Å². The van der Waals surface area contributed by atoms with Gasteiger partial charge >= 0.3 is 10.1 Å². The van der Waals surface area contributed by atoms with Gasteiger partial charge in [-0.2, -0.15) is 13.4 Å². The zero-order valence-electron chi connectivity index (χ0n) is 14.4. The molecule has 0 aromatic heterocycles. The smallest absolute Gasteiger partial charge is 0.339 e. The van der Waals surface area contributed by atoms with Crippen LogP contribution in [0.2, 0.25) is 0 Å². The molecule has 28 heavy (non-hydrogen) atoms. The van der Waals surface area contributed by atoms with Gasteiger partial charge in [0.15, 0.2) is 5.17 Å². The van der Waals surface area contributed by atoms with Crippen molar-refractivity contribution in [1.29, 1.82) is 0 Å². The van der Waals surface area contributed by atoms with Gasteiger partial charge in [-0.3, -0.25) is 4.79 Å². The van der Waals surface area contributed by atoms with E-state index in [2.05, 4.69) is 4.99 Å². The molecule has 0 spiro atoms. The van der Waals surface area contributed by atoms with Crippen molar-refractivity contribution >= 4 is 49.8 Å². The number of hydrogen-bond donors (Lipinski definition) is 1. The van der Waals surface area contributed by atoms with Gasteiger partial charge in [0.2, 0.25) is 0 Å². The molecule has 6 nitrogen and oxygen atoms in total. The predicted molar refractivity (Wildman–Crippen MR) is 110 cm³/mol. The largest absolute Gasteiger partial charge is 0.379 e. The summed E-state index contributed by atoms with van der Waals surface area (Å²) in [6.45, 7) is 0. The Morgan fingerprint density at radius 2 is 1.75 bits per heavy atom. The van der Waals surface area contributed by atoms with Crippen molar-refractivity contribution in [2.24, 2.45) is 10.7 Å². The average molecular weight is 410 g/mol. The first kappa shape index (κ1) is 18.3. The third kappa shape index (κ3) is 3.78. The molecule has 0 saturated heterocycles. The van der Waals surface area contributed by atoms with Gasteiger partial charge in [-0.15, -0.1) is 0 Å². The van der Waals surface area contributed by atoms with Gasteiger partial charge in [0, 0.05) is 0 Å².